The lowest BCUT2D eigenvalue weighted by Crippen LogP contribution is -2.08. The first-order chi connectivity index (χ1) is 9.20. The molecule has 3 heteroatoms. The highest BCUT2D eigenvalue weighted by Gasteiger charge is 2.18. The molecule has 1 aromatic carbocycles. The largest absolute Gasteiger partial charge is 0.495 e. The minimum absolute atomic E-state index is 0.210. The number of carbonyl (C=O) groups excluding carboxylic acids is 1. The zero-order valence-electron chi connectivity index (χ0n) is 11.5. The van der Waals surface area contributed by atoms with Gasteiger partial charge in [0.1, 0.15) is 5.75 Å². The van der Waals surface area contributed by atoms with Gasteiger partial charge in [-0.1, -0.05) is 50.1 Å². The highest BCUT2D eigenvalue weighted by Crippen LogP contribution is 2.29. The summed E-state index contributed by atoms with van der Waals surface area (Å²) < 4.78 is 5.16. The van der Waals surface area contributed by atoms with E-state index in [1.807, 2.05) is 0 Å². The smallest absolute Gasteiger partial charge is 0.163 e. The lowest BCUT2D eigenvalue weighted by Gasteiger charge is -2.13. The molecule has 0 heterocycles. The van der Waals surface area contributed by atoms with Crippen LogP contribution in [-0.2, 0) is 0 Å². The van der Waals surface area contributed by atoms with Crippen LogP contribution in [0.2, 0.25) is 5.02 Å². The van der Waals surface area contributed by atoms with Gasteiger partial charge in [0.05, 0.1) is 12.1 Å². The molecular weight excluding hydrogens is 260 g/mol. The molecule has 1 aliphatic rings. The average Bonchev–Trinajstić information content (AvgIpc) is 2.68. The Morgan fingerprint density at radius 2 is 1.95 bits per heavy atom. The molecule has 0 unspecified atom stereocenters. The van der Waals surface area contributed by atoms with E-state index in [0.717, 1.165) is 0 Å². The quantitative estimate of drug-likeness (QED) is 0.580. The van der Waals surface area contributed by atoms with E-state index in [4.69, 9.17) is 16.3 Å². The number of hydrogen-bond donors (Lipinski definition) is 0. The second-order valence-electron chi connectivity index (χ2n) is 5.33. The maximum absolute atomic E-state index is 12.3. The number of Topliss-reactive ketones (excluding diaryl/α,β-unsaturated/α-hetero) is 1. The Morgan fingerprint density at radius 1 is 1.26 bits per heavy atom. The number of halogens is 1. The first-order valence-electron chi connectivity index (χ1n) is 7.07. The monoisotopic (exact) mass is 280 g/mol. The molecule has 0 radical (unpaired) electrons. The first kappa shape index (κ1) is 14.4. The maximum atomic E-state index is 12.3. The highest BCUT2D eigenvalue weighted by atomic mass is 35.5. The summed E-state index contributed by atoms with van der Waals surface area (Å²) in [6.45, 7) is 0. The van der Waals surface area contributed by atoms with Crippen LogP contribution in [0.1, 0.15) is 55.3 Å². The Balaban J connectivity index is 2.02. The van der Waals surface area contributed by atoms with Crippen molar-refractivity contribution in [2.45, 2.75) is 44.9 Å². The number of methoxy groups -OCH3 is 1. The molecular formula is C16H21ClO2. The normalized spacial score (nSPS) is 16.9. The van der Waals surface area contributed by atoms with Gasteiger partial charge in [-0.2, -0.15) is 0 Å². The molecule has 0 atom stereocenters. The second kappa shape index (κ2) is 6.95. The van der Waals surface area contributed by atoms with Crippen molar-refractivity contribution >= 4 is 17.4 Å². The van der Waals surface area contributed by atoms with Gasteiger partial charge in [0, 0.05) is 12.0 Å². The van der Waals surface area contributed by atoms with E-state index in [9.17, 15) is 4.79 Å². The molecule has 104 valence electrons. The third-order valence-corrected chi connectivity index (χ3v) is 4.23. The van der Waals surface area contributed by atoms with Crippen molar-refractivity contribution in [2.24, 2.45) is 5.92 Å². The van der Waals surface area contributed by atoms with Crippen LogP contribution in [0.5, 0.6) is 5.75 Å². The molecule has 0 bridgehead atoms. The number of hydrogen-bond acceptors (Lipinski definition) is 2. The summed E-state index contributed by atoms with van der Waals surface area (Å²) in [5.41, 5.74) is 0.713. The zero-order valence-corrected chi connectivity index (χ0v) is 12.2. The van der Waals surface area contributed by atoms with Crippen LogP contribution >= 0.6 is 11.6 Å². The number of ether oxygens (including phenoxy) is 1. The molecule has 19 heavy (non-hydrogen) atoms. The second-order valence-corrected chi connectivity index (χ2v) is 5.74. The summed E-state index contributed by atoms with van der Waals surface area (Å²) in [6, 6.07) is 5.28. The number of benzene rings is 1. The summed E-state index contributed by atoms with van der Waals surface area (Å²) in [5, 5.41) is 0.550. The van der Waals surface area contributed by atoms with Crippen LogP contribution in [-0.4, -0.2) is 12.9 Å². The van der Waals surface area contributed by atoms with Crippen LogP contribution in [0.15, 0.2) is 18.2 Å². The molecule has 0 amide bonds. The van der Waals surface area contributed by atoms with E-state index >= 15 is 0 Å². The molecule has 2 rings (SSSR count). The molecule has 1 saturated carbocycles. The zero-order chi connectivity index (χ0) is 13.7. The van der Waals surface area contributed by atoms with Crippen LogP contribution in [0, 0.1) is 5.92 Å². The summed E-state index contributed by atoms with van der Waals surface area (Å²) in [5.74, 6) is 1.34. The topological polar surface area (TPSA) is 26.3 Å². The summed E-state index contributed by atoms with van der Waals surface area (Å²) in [4.78, 5) is 12.3. The van der Waals surface area contributed by atoms with E-state index in [0.29, 0.717) is 28.7 Å². The summed E-state index contributed by atoms with van der Waals surface area (Å²) in [7, 11) is 1.57. The minimum atomic E-state index is 0.210. The van der Waals surface area contributed by atoms with E-state index in [1.54, 1.807) is 25.3 Å². The Labute approximate surface area is 120 Å². The van der Waals surface area contributed by atoms with Crippen molar-refractivity contribution in [1.29, 1.82) is 0 Å². The van der Waals surface area contributed by atoms with E-state index < -0.39 is 0 Å². The Morgan fingerprint density at radius 3 is 2.58 bits per heavy atom. The third-order valence-electron chi connectivity index (χ3n) is 3.92. The fraction of sp³-hybridized carbons (Fsp3) is 0.562. The van der Waals surface area contributed by atoms with Crippen molar-refractivity contribution in [3.8, 4) is 5.75 Å². The van der Waals surface area contributed by atoms with Gasteiger partial charge in [-0.25, -0.2) is 0 Å². The van der Waals surface area contributed by atoms with Gasteiger partial charge in [-0.05, 0) is 24.1 Å². The standard InChI is InChI=1S/C16H21ClO2/c1-19-16-11-13(8-9-14(16)17)15(18)10-12-6-4-2-3-5-7-12/h8-9,11-12H,2-7,10H2,1H3. The Kier molecular flexibility index (Phi) is 5.26. The molecule has 0 spiro atoms. The van der Waals surface area contributed by atoms with Gasteiger partial charge in [-0.3, -0.25) is 4.79 Å². The molecule has 0 saturated heterocycles. The lowest BCUT2D eigenvalue weighted by atomic mass is 9.92. The highest BCUT2D eigenvalue weighted by molar-refractivity contribution is 6.32. The van der Waals surface area contributed by atoms with Gasteiger partial charge >= 0.3 is 0 Å². The number of carbonyl (C=O) groups is 1. The van der Waals surface area contributed by atoms with Gasteiger partial charge in [-0.15, -0.1) is 0 Å². The van der Waals surface area contributed by atoms with Crippen molar-refractivity contribution in [3.63, 3.8) is 0 Å². The Bertz CT molecular complexity index is 434. The molecule has 0 aromatic heterocycles. The van der Waals surface area contributed by atoms with Crippen LogP contribution < -0.4 is 4.74 Å². The fourth-order valence-electron chi connectivity index (χ4n) is 2.78. The molecule has 0 aliphatic heterocycles. The van der Waals surface area contributed by atoms with Gasteiger partial charge in [0.2, 0.25) is 0 Å². The van der Waals surface area contributed by atoms with E-state index in [1.165, 1.54) is 38.5 Å². The predicted octanol–water partition coefficient (Wildman–Crippen LogP) is 4.89. The van der Waals surface area contributed by atoms with Gasteiger partial charge < -0.3 is 4.74 Å². The molecule has 0 N–H and O–H groups in total. The SMILES string of the molecule is COc1cc(C(=O)CC2CCCCCC2)ccc1Cl. The molecule has 1 aliphatic carbocycles. The predicted molar refractivity (Wildman–Crippen MR) is 78.1 cm³/mol. The van der Waals surface area contributed by atoms with Crippen molar-refractivity contribution < 1.29 is 9.53 Å². The van der Waals surface area contributed by atoms with E-state index in [-0.39, 0.29) is 5.78 Å². The molecule has 1 aromatic rings. The maximum Gasteiger partial charge on any atom is 0.163 e. The molecule has 2 nitrogen and oxygen atoms in total. The fourth-order valence-corrected chi connectivity index (χ4v) is 2.98. The van der Waals surface area contributed by atoms with Crippen LogP contribution in [0.4, 0.5) is 0 Å². The Hall–Kier alpha value is -1.02. The third kappa shape index (κ3) is 3.97. The van der Waals surface area contributed by atoms with Crippen molar-refractivity contribution in [1.82, 2.24) is 0 Å². The van der Waals surface area contributed by atoms with E-state index in [2.05, 4.69) is 0 Å². The first-order valence-corrected chi connectivity index (χ1v) is 7.45. The van der Waals surface area contributed by atoms with Crippen LogP contribution in [0.3, 0.4) is 0 Å². The molecule has 1 fully saturated rings. The number of ketones is 1. The van der Waals surface area contributed by atoms with Gasteiger partial charge in [0.15, 0.2) is 5.78 Å². The lowest BCUT2D eigenvalue weighted by molar-refractivity contribution is 0.0956. The minimum Gasteiger partial charge on any atom is -0.495 e. The van der Waals surface area contributed by atoms with Crippen LogP contribution in [0.25, 0.3) is 0 Å². The van der Waals surface area contributed by atoms with Crippen molar-refractivity contribution in [3.05, 3.63) is 28.8 Å². The summed E-state index contributed by atoms with van der Waals surface area (Å²) in [6.07, 6.45) is 8.21. The van der Waals surface area contributed by atoms with Gasteiger partial charge in [0.25, 0.3) is 0 Å². The van der Waals surface area contributed by atoms with Crippen molar-refractivity contribution in [2.75, 3.05) is 7.11 Å². The summed E-state index contributed by atoms with van der Waals surface area (Å²) >= 11 is 5.98. The average molecular weight is 281 g/mol. The number of rotatable bonds is 4.